The van der Waals surface area contributed by atoms with Gasteiger partial charge in [0.1, 0.15) is 0 Å². The van der Waals surface area contributed by atoms with E-state index in [4.69, 9.17) is 0 Å². The summed E-state index contributed by atoms with van der Waals surface area (Å²) in [6.07, 6.45) is 0. The van der Waals surface area contributed by atoms with Gasteiger partial charge in [-0.25, -0.2) is 0 Å². The Hall–Kier alpha value is -0.830. The first-order valence-electron chi connectivity index (χ1n) is 3.45. The Balaban J connectivity index is 2.57. The summed E-state index contributed by atoms with van der Waals surface area (Å²) in [5.41, 5.74) is 0. The molecular weight excluding hydrogens is 156 g/mol. The minimum absolute atomic E-state index is 0.863. The highest BCUT2D eigenvalue weighted by molar-refractivity contribution is 7.11. The molecule has 11 heavy (non-hydrogen) atoms. The van der Waals surface area contributed by atoms with E-state index in [0.29, 0.717) is 0 Å². The van der Waals surface area contributed by atoms with Crippen LogP contribution in [-0.4, -0.2) is 18.8 Å². The molecule has 0 bridgehead atoms. The summed E-state index contributed by atoms with van der Waals surface area (Å²) in [7, 11) is 1.92. The predicted molar refractivity (Wildman–Crippen MR) is 50.1 cm³/mol. The second-order valence-electron chi connectivity index (χ2n) is 2.47. The van der Waals surface area contributed by atoms with Crippen LogP contribution < -0.4 is 0 Å². The fraction of sp³-hybridized carbons (Fsp3) is 0.375. The molecule has 60 valence electrons. The highest BCUT2D eigenvalue weighted by atomic mass is 32.1. The van der Waals surface area contributed by atoms with Gasteiger partial charge in [0.2, 0.25) is 0 Å². The average Bonchev–Trinajstić information content (AvgIpc) is 2.35. The molecule has 0 saturated heterocycles. The molecule has 0 radical (unpaired) electrons. The molecule has 0 aliphatic carbocycles. The maximum Gasteiger partial charge on any atom is 0.0700 e. The first-order valence-corrected chi connectivity index (χ1v) is 4.27. The van der Waals surface area contributed by atoms with E-state index in [1.54, 1.807) is 11.3 Å². The highest BCUT2D eigenvalue weighted by Gasteiger charge is 1.97. The van der Waals surface area contributed by atoms with E-state index in [1.807, 2.05) is 12.1 Å². The van der Waals surface area contributed by atoms with Crippen molar-refractivity contribution in [3.05, 3.63) is 21.9 Å². The van der Waals surface area contributed by atoms with Crippen molar-refractivity contribution in [3.63, 3.8) is 0 Å². The summed E-state index contributed by atoms with van der Waals surface area (Å²) >= 11 is 1.80. The summed E-state index contributed by atoms with van der Waals surface area (Å²) in [5.74, 6) is 0. The van der Waals surface area contributed by atoms with Gasteiger partial charge in [-0.05, 0) is 19.1 Å². The number of hydrogen-bond acceptors (Lipinski definition) is 3. The Morgan fingerprint density at radius 3 is 2.82 bits per heavy atom. The number of nitrogens with zero attached hydrogens (tertiary/aromatic N) is 2. The lowest BCUT2D eigenvalue weighted by Crippen LogP contribution is -2.07. The Morgan fingerprint density at radius 2 is 2.36 bits per heavy atom. The lowest BCUT2D eigenvalue weighted by atomic mass is 10.4. The van der Waals surface area contributed by atoms with Gasteiger partial charge in [-0.1, -0.05) is 0 Å². The van der Waals surface area contributed by atoms with Crippen LogP contribution in [0.25, 0.3) is 0 Å². The standard InChI is InChI=1S/C8H12N2S/c1-7-4-5-8(11-7)6-10(3)9-2/h4-5H,2,6H2,1,3H3. The molecule has 3 heteroatoms. The largest absolute Gasteiger partial charge is 0.295 e. The summed E-state index contributed by atoms with van der Waals surface area (Å²) in [5, 5.41) is 5.61. The molecule has 0 N–H and O–H groups in total. The van der Waals surface area contributed by atoms with Crippen molar-refractivity contribution < 1.29 is 0 Å². The molecule has 0 aromatic carbocycles. The van der Waals surface area contributed by atoms with Gasteiger partial charge >= 0.3 is 0 Å². The van der Waals surface area contributed by atoms with Crippen LogP contribution in [0.1, 0.15) is 9.75 Å². The van der Waals surface area contributed by atoms with E-state index in [9.17, 15) is 0 Å². The molecule has 0 aliphatic heterocycles. The molecule has 1 aromatic rings. The summed E-state index contributed by atoms with van der Waals surface area (Å²) in [4.78, 5) is 2.68. The SMILES string of the molecule is C=NN(C)Cc1ccc(C)s1. The van der Waals surface area contributed by atoms with Gasteiger partial charge in [-0.3, -0.25) is 5.01 Å². The van der Waals surface area contributed by atoms with Crippen LogP contribution in [-0.2, 0) is 6.54 Å². The molecule has 2 nitrogen and oxygen atoms in total. The van der Waals surface area contributed by atoms with E-state index in [0.717, 1.165) is 6.54 Å². The fourth-order valence-corrected chi connectivity index (χ4v) is 1.78. The maximum atomic E-state index is 3.78. The lowest BCUT2D eigenvalue weighted by molar-refractivity contribution is 0.353. The Bertz CT molecular complexity index is 242. The van der Waals surface area contributed by atoms with Crippen LogP contribution in [0.4, 0.5) is 0 Å². The molecule has 0 unspecified atom stereocenters. The molecule has 0 saturated carbocycles. The molecule has 0 fully saturated rings. The molecule has 0 amide bonds. The maximum absolute atomic E-state index is 3.78. The zero-order chi connectivity index (χ0) is 8.27. The number of hydrazone groups is 1. The Kier molecular flexibility index (Phi) is 2.65. The third kappa shape index (κ3) is 2.35. The second kappa shape index (κ2) is 3.53. The Morgan fingerprint density at radius 1 is 1.64 bits per heavy atom. The zero-order valence-electron chi connectivity index (χ0n) is 6.87. The number of aryl methyl sites for hydroxylation is 1. The average molecular weight is 168 g/mol. The van der Waals surface area contributed by atoms with Gasteiger partial charge in [-0.15, -0.1) is 11.3 Å². The van der Waals surface area contributed by atoms with Crippen molar-refractivity contribution in [2.45, 2.75) is 13.5 Å². The van der Waals surface area contributed by atoms with Crippen LogP contribution in [0.2, 0.25) is 0 Å². The fourth-order valence-electron chi connectivity index (χ4n) is 0.846. The smallest absolute Gasteiger partial charge is 0.0700 e. The van der Waals surface area contributed by atoms with Crippen LogP contribution in [0.3, 0.4) is 0 Å². The van der Waals surface area contributed by atoms with Crippen LogP contribution in [0.5, 0.6) is 0 Å². The van der Waals surface area contributed by atoms with Crippen molar-refractivity contribution in [1.29, 1.82) is 0 Å². The molecule has 0 atom stereocenters. The van der Waals surface area contributed by atoms with Crippen molar-refractivity contribution in [2.24, 2.45) is 5.10 Å². The van der Waals surface area contributed by atoms with Crippen molar-refractivity contribution >= 4 is 18.1 Å². The quantitative estimate of drug-likeness (QED) is 0.498. The van der Waals surface area contributed by atoms with Crippen molar-refractivity contribution in [1.82, 2.24) is 5.01 Å². The third-order valence-electron chi connectivity index (χ3n) is 1.42. The number of thiophene rings is 1. The molecule has 1 heterocycles. The van der Waals surface area contributed by atoms with Gasteiger partial charge < -0.3 is 0 Å². The van der Waals surface area contributed by atoms with Gasteiger partial charge in [-0.2, -0.15) is 5.10 Å². The van der Waals surface area contributed by atoms with E-state index < -0.39 is 0 Å². The van der Waals surface area contributed by atoms with Crippen molar-refractivity contribution in [2.75, 3.05) is 7.05 Å². The van der Waals surface area contributed by atoms with Gasteiger partial charge in [0.15, 0.2) is 0 Å². The van der Waals surface area contributed by atoms with Gasteiger partial charge in [0.05, 0.1) is 6.54 Å². The minimum Gasteiger partial charge on any atom is -0.295 e. The first kappa shape index (κ1) is 8.27. The minimum atomic E-state index is 0.863. The third-order valence-corrected chi connectivity index (χ3v) is 2.41. The van der Waals surface area contributed by atoms with Gasteiger partial charge in [0.25, 0.3) is 0 Å². The van der Waals surface area contributed by atoms with Crippen molar-refractivity contribution in [3.8, 4) is 0 Å². The molecule has 0 aliphatic rings. The van der Waals surface area contributed by atoms with Gasteiger partial charge in [0, 0.05) is 23.5 Å². The van der Waals surface area contributed by atoms with E-state index >= 15 is 0 Å². The zero-order valence-corrected chi connectivity index (χ0v) is 7.69. The molecular formula is C8H12N2S. The first-order chi connectivity index (χ1) is 5.22. The molecule has 1 rings (SSSR count). The summed E-state index contributed by atoms with van der Waals surface area (Å²) in [6.45, 7) is 6.41. The normalized spacial score (nSPS) is 9.64. The van der Waals surface area contributed by atoms with Crippen LogP contribution >= 0.6 is 11.3 Å². The summed E-state index contributed by atoms with van der Waals surface area (Å²) < 4.78 is 0. The predicted octanol–water partition coefficient (Wildman–Crippen LogP) is 2.10. The molecule has 0 spiro atoms. The molecule has 1 aromatic heterocycles. The summed E-state index contributed by atoms with van der Waals surface area (Å²) in [6, 6.07) is 4.25. The highest BCUT2D eigenvalue weighted by Crippen LogP contribution is 2.16. The van der Waals surface area contributed by atoms with E-state index in [-0.39, 0.29) is 0 Å². The van der Waals surface area contributed by atoms with Crippen LogP contribution in [0.15, 0.2) is 17.2 Å². The number of hydrogen-bond donors (Lipinski definition) is 0. The monoisotopic (exact) mass is 168 g/mol. The lowest BCUT2D eigenvalue weighted by Gasteiger charge is -2.08. The number of rotatable bonds is 3. The topological polar surface area (TPSA) is 15.6 Å². The van der Waals surface area contributed by atoms with Crippen LogP contribution in [0, 0.1) is 6.92 Å². The van der Waals surface area contributed by atoms with E-state index in [2.05, 4.69) is 30.9 Å². The second-order valence-corrected chi connectivity index (χ2v) is 3.84. The Labute approximate surface area is 71.2 Å². The van der Waals surface area contributed by atoms with E-state index in [1.165, 1.54) is 9.75 Å².